The first-order valence-electron chi connectivity index (χ1n) is 17.3. The predicted molar refractivity (Wildman–Crippen MR) is 176 cm³/mol. The number of hydrogen-bond donors (Lipinski definition) is 2. The molecule has 2 N–H and O–H groups in total. The molecule has 1 aromatic heterocycles. The highest BCUT2D eigenvalue weighted by molar-refractivity contribution is 5.91. The molecule has 296 valence electrons. The second-order valence-electron chi connectivity index (χ2n) is 14.7. The van der Waals surface area contributed by atoms with E-state index >= 15 is 0 Å². The lowest BCUT2D eigenvalue weighted by molar-refractivity contribution is -0.386. The molecule has 0 amide bonds. The molecule has 5 rings (SSSR count). The molecule has 2 saturated carbocycles. The smallest absolute Gasteiger partial charge is 0.340 e. The van der Waals surface area contributed by atoms with Crippen LogP contribution in [0.4, 0.5) is 0 Å². The van der Waals surface area contributed by atoms with Crippen molar-refractivity contribution in [2.24, 2.45) is 17.3 Å². The van der Waals surface area contributed by atoms with Gasteiger partial charge in [-0.05, 0) is 26.0 Å². The molecule has 4 bridgehead atoms. The Morgan fingerprint density at radius 1 is 0.852 bits per heavy atom. The van der Waals surface area contributed by atoms with Gasteiger partial charge in [-0.15, -0.1) is 0 Å². The number of hydrogen-bond acceptors (Lipinski definition) is 18. The van der Waals surface area contributed by atoms with Crippen molar-refractivity contribution in [3.05, 3.63) is 29.6 Å². The van der Waals surface area contributed by atoms with Crippen molar-refractivity contribution in [1.29, 1.82) is 0 Å². The number of pyridine rings is 1. The van der Waals surface area contributed by atoms with E-state index in [9.17, 15) is 43.8 Å². The standard InChI is InChI=1S/C36H45NO17/c1-15-16(2)31(44)53-29-26(49-18(4)39)30(52-21(7)42)35(14-47-17(3)38)28(51-20(6)41)25(43)23-27(50-19(5)40)36(35,34(29,9)46)54-33(23,8)13-48-32(45)22-11-10-12-37-24(15)22/h10-12,15-16,23,25-30,43,46H,13-14H2,1-9H3/t15-,16+,23+,25+,26-,27+,28+,29-,30-,33-,34-,35+,36-/m1/s1. The zero-order valence-corrected chi connectivity index (χ0v) is 31.3. The van der Waals surface area contributed by atoms with E-state index in [0.717, 1.165) is 41.5 Å². The largest absolute Gasteiger partial charge is 0.465 e. The minimum absolute atomic E-state index is 0.0246. The van der Waals surface area contributed by atoms with Crippen molar-refractivity contribution >= 4 is 41.8 Å². The summed E-state index contributed by atoms with van der Waals surface area (Å²) in [5.74, 6) is -10.5. The van der Waals surface area contributed by atoms with Crippen LogP contribution in [0.15, 0.2) is 18.3 Å². The number of carbonyl (C=O) groups is 7. The monoisotopic (exact) mass is 763 g/mol. The lowest BCUT2D eigenvalue weighted by atomic mass is 9.45. The summed E-state index contributed by atoms with van der Waals surface area (Å²) < 4.78 is 47.7. The maximum atomic E-state index is 14.2. The lowest BCUT2D eigenvalue weighted by Gasteiger charge is -2.67. The lowest BCUT2D eigenvalue weighted by Crippen LogP contribution is -2.89. The molecule has 2 aliphatic carbocycles. The van der Waals surface area contributed by atoms with E-state index in [1.54, 1.807) is 6.92 Å². The minimum Gasteiger partial charge on any atom is -0.465 e. The summed E-state index contributed by atoms with van der Waals surface area (Å²) in [6, 6.07) is 2.91. The Morgan fingerprint density at radius 2 is 1.43 bits per heavy atom. The maximum Gasteiger partial charge on any atom is 0.340 e. The number of carbonyl (C=O) groups excluding carboxylic acids is 7. The Bertz CT molecular complexity index is 1740. The van der Waals surface area contributed by atoms with Gasteiger partial charge in [0.25, 0.3) is 0 Å². The average Bonchev–Trinajstić information content (AvgIpc) is 3.30. The van der Waals surface area contributed by atoms with Gasteiger partial charge in [-0.3, -0.25) is 33.8 Å². The van der Waals surface area contributed by atoms with Gasteiger partial charge in [0.15, 0.2) is 23.9 Å². The first-order valence-corrected chi connectivity index (χ1v) is 17.3. The Hall–Kier alpha value is -4.68. The van der Waals surface area contributed by atoms with Crippen molar-refractivity contribution in [3.63, 3.8) is 0 Å². The Kier molecular flexibility index (Phi) is 10.6. The molecule has 1 spiro atoms. The molecular weight excluding hydrogens is 718 g/mol. The van der Waals surface area contributed by atoms with Gasteiger partial charge >= 0.3 is 41.8 Å². The van der Waals surface area contributed by atoms with Gasteiger partial charge in [-0.2, -0.15) is 0 Å². The second-order valence-corrected chi connectivity index (χ2v) is 14.7. The van der Waals surface area contributed by atoms with Crippen LogP contribution < -0.4 is 0 Å². The van der Waals surface area contributed by atoms with E-state index in [1.165, 1.54) is 32.2 Å². The van der Waals surface area contributed by atoms with Gasteiger partial charge in [0.1, 0.15) is 48.1 Å². The Balaban J connectivity index is 1.96. The zero-order valence-electron chi connectivity index (χ0n) is 31.3. The molecule has 18 nitrogen and oxygen atoms in total. The summed E-state index contributed by atoms with van der Waals surface area (Å²) in [5.41, 5.74) is -9.90. The first kappa shape index (κ1) is 40.5. The van der Waals surface area contributed by atoms with E-state index in [-0.39, 0.29) is 11.3 Å². The number of rotatable bonds is 6. The van der Waals surface area contributed by atoms with Crippen LogP contribution in [0.25, 0.3) is 0 Å². The number of aliphatic hydroxyl groups is 2. The summed E-state index contributed by atoms with van der Waals surface area (Å²) in [6.07, 6.45) is -10.6. The molecule has 2 aliphatic heterocycles. The number of esters is 7. The van der Waals surface area contributed by atoms with Gasteiger partial charge < -0.3 is 48.1 Å². The molecule has 0 unspecified atom stereocenters. The molecule has 18 heteroatoms. The SMILES string of the molecule is CC(=O)OC[C@]12[C@H](OC(C)=O)[C@H](OC(C)=O)[C@H]3OC(=O)[C@@H](C)[C@@H](C)c4ncccc4C(=O)OC[C@@]4(C)O[C@]1([C@@H](OC(C)=O)[C@@H]4[C@H](O)[C@@H]2OC(C)=O)[C@]3(C)O. The van der Waals surface area contributed by atoms with Gasteiger partial charge in [-0.25, -0.2) is 4.79 Å². The molecule has 0 aromatic carbocycles. The van der Waals surface area contributed by atoms with Crippen molar-refractivity contribution in [2.45, 2.75) is 122 Å². The molecule has 3 heterocycles. The molecule has 13 atom stereocenters. The topological polar surface area (TPSA) is 247 Å². The quantitative estimate of drug-likeness (QED) is 0.295. The first-order chi connectivity index (χ1) is 25.1. The van der Waals surface area contributed by atoms with Crippen molar-refractivity contribution in [2.75, 3.05) is 13.2 Å². The van der Waals surface area contributed by atoms with Gasteiger partial charge in [0, 0.05) is 46.7 Å². The van der Waals surface area contributed by atoms with Gasteiger partial charge in [0.2, 0.25) is 0 Å². The average molecular weight is 764 g/mol. The fourth-order valence-corrected chi connectivity index (χ4v) is 8.96. The van der Waals surface area contributed by atoms with Crippen LogP contribution in [-0.4, -0.2) is 124 Å². The molecule has 1 aromatic rings. The summed E-state index contributed by atoms with van der Waals surface area (Å²) >= 11 is 0. The van der Waals surface area contributed by atoms with Gasteiger partial charge in [-0.1, -0.05) is 13.8 Å². The summed E-state index contributed by atoms with van der Waals surface area (Å²) in [6.45, 7) is 8.75. The summed E-state index contributed by atoms with van der Waals surface area (Å²) in [4.78, 5) is 97.0. The maximum absolute atomic E-state index is 14.2. The second kappa shape index (κ2) is 14.2. The minimum atomic E-state index is -2.78. The number of nitrogens with zero attached hydrogens (tertiary/aromatic N) is 1. The zero-order chi connectivity index (χ0) is 40.3. The highest BCUT2D eigenvalue weighted by Gasteiger charge is 2.91. The van der Waals surface area contributed by atoms with Crippen LogP contribution >= 0.6 is 0 Å². The number of ether oxygens (including phenoxy) is 8. The number of aliphatic hydroxyl groups excluding tert-OH is 1. The Morgan fingerprint density at radius 3 is 2.00 bits per heavy atom. The summed E-state index contributed by atoms with van der Waals surface area (Å²) in [5, 5.41) is 25.7. The summed E-state index contributed by atoms with van der Waals surface area (Å²) in [7, 11) is 0. The third kappa shape index (κ3) is 6.17. The van der Waals surface area contributed by atoms with Crippen LogP contribution in [0.2, 0.25) is 0 Å². The molecule has 0 radical (unpaired) electrons. The van der Waals surface area contributed by atoms with Crippen LogP contribution in [0.1, 0.15) is 84.3 Å². The van der Waals surface area contributed by atoms with Crippen LogP contribution in [0, 0.1) is 17.3 Å². The third-order valence-electron chi connectivity index (χ3n) is 11.2. The van der Waals surface area contributed by atoms with Crippen molar-refractivity contribution < 1.29 is 81.7 Å². The Labute approximate surface area is 310 Å². The number of cyclic esters (lactones) is 1. The molecule has 1 saturated heterocycles. The van der Waals surface area contributed by atoms with Gasteiger partial charge in [0.05, 0.1) is 23.1 Å². The third-order valence-corrected chi connectivity index (χ3v) is 11.2. The fourth-order valence-electron chi connectivity index (χ4n) is 8.96. The van der Waals surface area contributed by atoms with Crippen LogP contribution in [0.3, 0.4) is 0 Å². The highest BCUT2D eigenvalue weighted by Crippen LogP contribution is 2.69. The van der Waals surface area contributed by atoms with E-state index in [1.807, 2.05) is 0 Å². The van der Waals surface area contributed by atoms with Crippen molar-refractivity contribution in [3.8, 4) is 0 Å². The molecule has 54 heavy (non-hydrogen) atoms. The van der Waals surface area contributed by atoms with Crippen LogP contribution in [-0.2, 0) is 66.7 Å². The fraction of sp³-hybridized carbons (Fsp3) is 0.667. The molecular formula is C36H45NO17. The van der Waals surface area contributed by atoms with Crippen LogP contribution in [0.5, 0.6) is 0 Å². The molecule has 3 fully saturated rings. The predicted octanol–water partition coefficient (Wildman–Crippen LogP) is 0.463. The number of fused-ring (bicyclic) bond motifs is 5. The normalized spacial score (nSPS) is 39.8. The van der Waals surface area contributed by atoms with E-state index in [4.69, 9.17) is 37.9 Å². The van der Waals surface area contributed by atoms with Crippen molar-refractivity contribution in [1.82, 2.24) is 4.98 Å². The van der Waals surface area contributed by atoms with E-state index in [2.05, 4.69) is 4.98 Å². The highest BCUT2D eigenvalue weighted by atomic mass is 16.7. The number of aromatic nitrogens is 1. The van der Waals surface area contributed by atoms with E-state index < -0.39 is 132 Å². The molecule has 4 aliphatic rings. The van der Waals surface area contributed by atoms with E-state index in [0.29, 0.717) is 0 Å².